The van der Waals surface area contributed by atoms with Crippen LogP contribution >= 0.6 is 11.3 Å². The summed E-state index contributed by atoms with van der Waals surface area (Å²) in [5.74, 6) is -4.32. The Morgan fingerprint density at radius 3 is 2.74 bits per heavy atom. The molecule has 0 spiro atoms. The Balaban J connectivity index is 1.23. The summed E-state index contributed by atoms with van der Waals surface area (Å²) in [6.07, 6.45) is 2.23. The van der Waals surface area contributed by atoms with Crippen LogP contribution in [-0.4, -0.2) is 61.5 Å². The molecule has 0 bridgehead atoms. The van der Waals surface area contributed by atoms with Gasteiger partial charge in [0.05, 0.1) is 5.56 Å². The van der Waals surface area contributed by atoms with Gasteiger partial charge in [-0.3, -0.25) is 14.2 Å². The summed E-state index contributed by atoms with van der Waals surface area (Å²) in [7, 11) is 1.54. The van der Waals surface area contributed by atoms with Crippen molar-refractivity contribution in [2.24, 2.45) is 18.9 Å². The van der Waals surface area contributed by atoms with Crippen LogP contribution in [0.5, 0.6) is 5.88 Å². The van der Waals surface area contributed by atoms with Crippen LogP contribution in [0.2, 0.25) is 0 Å². The second-order valence-corrected chi connectivity index (χ2v) is 12.2. The van der Waals surface area contributed by atoms with Gasteiger partial charge < -0.3 is 15.4 Å². The number of aromatic nitrogens is 5. The van der Waals surface area contributed by atoms with Crippen molar-refractivity contribution in [3.63, 3.8) is 0 Å². The van der Waals surface area contributed by atoms with Gasteiger partial charge in [0.2, 0.25) is 11.8 Å². The summed E-state index contributed by atoms with van der Waals surface area (Å²) < 4.78 is 73.0. The molecule has 3 aromatic heterocycles. The number of anilines is 2. The first-order valence-corrected chi connectivity index (χ1v) is 14.4. The van der Waals surface area contributed by atoms with Crippen molar-refractivity contribution in [1.82, 2.24) is 29.9 Å². The van der Waals surface area contributed by atoms with E-state index >= 15 is 0 Å². The quantitative estimate of drug-likeness (QED) is 0.308. The lowest BCUT2D eigenvalue weighted by Gasteiger charge is -2.28. The summed E-state index contributed by atoms with van der Waals surface area (Å²) >= 11 is 1.37. The summed E-state index contributed by atoms with van der Waals surface area (Å²) in [6.45, 7) is -3.19. The van der Waals surface area contributed by atoms with Gasteiger partial charge in [-0.05, 0) is 37.7 Å². The molecule has 42 heavy (non-hydrogen) atoms. The molecule has 0 unspecified atom stereocenters. The van der Waals surface area contributed by atoms with E-state index in [4.69, 9.17) is 0 Å². The average molecular weight is 614 g/mol. The second-order valence-electron chi connectivity index (χ2n) is 11.0. The van der Waals surface area contributed by atoms with Gasteiger partial charge in [-0.15, -0.1) is 26.6 Å². The summed E-state index contributed by atoms with van der Waals surface area (Å²) in [4.78, 5) is 27.8. The fourth-order valence-electron chi connectivity index (χ4n) is 5.58. The third-order valence-corrected chi connectivity index (χ3v) is 9.44. The first-order chi connectivity index (χ1) is 20.0. The molecular weight excluding hydrogens is 585 g/mol. The molecule has 2 N–H and O–H groups in total. The number of Topliss-reactive ketones (excluding diaryl/α,β-unsaturated/α-hetero) is 1. The SMILES string of the molecule is Cn1nc(OC(F)F)cc1Nc1nncn1[C@H]1CCc2sc(CC(=O)C3CC(F)C3)c(C(=O)NC[C@@H]3CC3(F)F)c2C1. The van der Waals surface area contributed by atoms with Gasteiger partial charge in [-0.2, -0.15) is 8.78 Å². The molecule has 0 aromatic carbocycles. The topological polar surface area (TPSA) is 116 Å². The molecule has 3 aliphatic rings. The Hall–Kier alpha value is -3.56. The molecular formula is C26H28F5N7O3S. The molecule has 0 radical (unpaired) electrons. The molecule has 226 valence electrons. The van der Waals surface area contributed by atoms with Gasteiger partial charge in [0.25, 0.3) is 11.8 Å². The van der Waals surface area contributed by atoms with E-state index in [2.05, 4.69) is 30.7 Å². The van der Waals surface area contributed by atoms with Gasteiger partial charge in [-0.1, -0.05) is 0 Å². The number of carbonyl (C=O) groups is 2. The number of alkyl halides is 5. The molecule has 16 heteroatoms. The number of fused-ring (bicyclic) bond motifs is 1. The maximum Gasteiger partial charge on any atom is 0.388 e. The summed E-state index contributed by atoms with van der Waals surface area (Å²) in [5.41, 5.74) is 1.07. The zero-order valence-electron chi connectivity index (χ0n) is 22.5. The number of halogens is 5. The van der Waals surface area contributed by atoms with E-state index < -0.39 is 30.5 Å². The highest BCUT2D eigenvalue weighted by Crippen LogP contribution is 2.48. The Kier molecular flexibility index (Phi) is 7.43. The number of aryl methyl sites for hydroxylation is 2. The van der Waals surface area contributed by atoms with Crippen molar-refractivity contribution in [2.45, 2.75) is 69.7 Å². The second kappa shape index (κ2) is 10.9. The van der Waals surface area contributed by atoms with Crippen LogP contribution in [-0.2, 0) is 31.1 Å². The molecule has 6 rings (SSSR count). The number of carbonyl (C=O) groups excluding carboxylic acids is 2. The van der Waals surface area contributed by atoms with Crippen molar-refractivity contribution < 1.29 is 36.3 Å². The lowest BCUT2D eigenvalue weighted by atomic mass is 9.79. The number of ketones is 1. The molecule has 2 fully saturated rings. The lowest BCUT2D eigenvalue weighted by molar-refractivity contribution is -0.126. The Bertz CT molecular complexity index is 1500. The zero-order chi connectivity index (χ0) is 29.8. The fraction of sp³-hybridized carbons (Fsp3) is 0.577. The highest BCUT2D eigenvalue weighted by molar-refractivity contribution is 7.12. The van der Waals surface area contributed by atoms with Gasteiger partial charge in [0.1, 0.15) is 24.1 Å². The van der Waals surface area contributed by atoms with Gasteiger partial charge in [-0.25, -0.2) is 17.9 Å². The molecule has 10 nitrogen and oxygen atoms in total. The Morgan fingerprint density at radius 1 is 1.29 bits per heavy atom. The first-order valence-electron chi connectivity index (χ1n) is 13.6. The average Bonchev–Trinajstić information content (AvgIpc) is 3.28. The number of nitrogens with zero attached hydrogens (tertiary/aromatic N) is 5. The third kappa shape index (κ3) is 5.72. The fourth-order valence-corrected chi connectivity index (χ4v) is 6.94. The number of rotatable bonds is 11. The van der Waals surface area contributed by atoms with E-state index in [1.165, 1.54) is 28.4 Å². The minimum absolute atomic E-state index is 0.00892. The first kappa shape index (κ1) is 28.6. The Morgan fingerprint density at radius 2 is 2.05 bits per heavy atom. The van der Waals surface area contributed by atoms with Crippen LogP contribution < -0.4 is 15.4 Å². The summed E-state index contributed by atoms with van der Waals surface area (Å²) in [5, 5.41) is 17.7. The molecule has 0 saturated heterocycles. The van der Waals surface area contributed by atoms with E-state index in [1.807, 2.05) is 0 Å². The molecule has 2 atom stereocenters. The van der Waals surface area contributed by atoms with Gasteiger partial charge >= 0.3 is 6.61 Å². The predicted octanol–water partition coefficient (Wildman–Crippen LogP) is 4.39. The maximum absolute atomic E-state index is 13.5. The molecule has 0 aliphatic heterocycles. The normalized spacial score (nSPS) is 24.2. The molecule has 3 aromatic rings. The zero-order valence-corrected chi connectivity index (χ0v) is 23.3. The minimum atomic E-state index is -3.03. The number of ether oxygens (including phenoxy) is 1. The van der Waals surface area contributed by atoms with Crippen LogP contribution in [0.4, 0.5) is 33.7 Å². The van der Waals surface area contributed by atoms with Crippen LogP contribution in [0.3, 0.4) is 0 Å². The highest BCUT2D eigenvalue weighted by atomic mass is 32.1. The molecule has 3 heterocycles. The molecule has 2 saturated carbocycles. The van der Waals surface area contributed by atoms with Crippen molar-refractivity contribution in [1.29, 1.82) is 0 Å². The maximum atomic E-state index is 13.5. The van der Waals surface area contributed by atoms with E-state index in [0.717, 1.165) is 10.4 Å². The Labute approximate surface area is 240 Å². The van der Waals surface area contributed by atoms with Crippen molar-refractivity contribution in [3.8, 4) is 5.88 Å². The molecule has 1 amide bonds. The van der Waals surface area contributed by atoms with E-state index in [1.54, 1.807) is 11.6 Å². The van der Waals surface area contributed by atoms with E-state index in [0.29, 0.717) is 41.5 Å². The number of thiophene rings is 1. The minimum Gasteiger partial charge on any atom is -0.415 e. The number of hydrogen-bond acceptors (Lipinski definition) is 8. The standard InChI is InChI=1S/C26H28F5N7O3S/c1-37-20(8-21(36-37)41-24(28)29)34-25-35-33-11-38(25)15-2-3-18-16(6-15)22(23(40)32-10-13-9-26(13,30)31)19(42-18)7-17(39)12-4-14(27)5-12/h8,11-15,24H,2-7,9-10H2,1H3,(H,32,40)(H,34,35)/t12?,13-,14?,15-/m0/s1. The highest BCUT2D eigenvalue weighted by Gasteiger charge is 2.56. The third-order valence-electron chi connectivity index (χ3n) is 8.14. The number of nitrogens with one attached hydrogen (secondary N) is 2. The van der Waals surface area contributed by atoms with Crippen molar-refractivity contribution >= 4 is 34.8 Å². The monoisotopic (exact) mass is 613 g/mol. The number of amides is 1. The largest absolute Gasteiger partial charge is 0.415 e. The van der Waals surface area contributed by atoms with Crippen LogP contribution in [0.1, 0.15) is 57.4 Å². The van der Waals surface area contributed by atoms with Crippen LogP contribution in [0.15, 0.2) is 12.4 Å². The number of hydrogen-bond donors (Lipinski definition) is 2. The van der Waals surface area contributed by atoms with Crippen molar-refractivity contribution in [3.05, 3.63) is 33.3 Å². The predicted molar refractivity (Wildman–Crippen MR) is 140 cm³/mol. The van der Waals surface area contributed by atoms with Crippen molar-refractivity contribution in [2.75, 3.05) is 11.9 Å². The van der Waals surface area contributed by atoms with Gasteiger partial charge in [0.15, 0.2) is 0 Å². The van der Waals surface area contributed by atoms with Gasteiger partial charge in [0, 0.05) is 60.1 Å². The smallest absolute Gasteiger partial charge is 0.388 e. The molecule has 3 aliphatic carbocycles. The lowest BCUT2D eigenvalue weighted by Crippen LogP contribution is -2.33. The van der Waals surface area contributed by atoms with Crippen LogP contribution in [0, 0.1) is 11.8 Å². The van der Waals surface area contributed by atoms with E-state index in [-0.39, 0.29) is 55.9 Å². The summed E-state index contributed by atoms with van der Waals surface area (Å²) in [6, 6.07) is 1.09. The van der Waals surface area contributed by atoms with Crippen LogP contribution in [0.25, 0.3) is 0 Å². The van der Waals surface area contributed by atoms with E-state index in [9.17, 15) is 31.5 Å².